The lowest BCUT2D eigenvalue weighted by Gasteiger charge is -2.48. The molecule has 17 atom stereocenters. The summed E-state index contributed by atoms with van der Waals surface area (Å²) in [6, 6.07) is -0.973. The molecule has 3 aliphatic rings. The Morgan fingerprint density at radius 2 is 0.865 bits per heavy atom. The van der Waals surface area contributed by atoms with E-state index in [-0.39, 0.29) is 18.9 Å². The molecule has 0 bridgehead atoms. The number of aliphatic hydroxyl groups is 11. The molecule has 3 aliphatic heterocycles. The zero-order valence-electron chi connectivity index (χ0n) is 44.8. The highest BCUT2D eigenvalue weighted by Gasteiger charge is 2.53. The second-order valence-corrected chi connectivity index (χ2v) is 20.8. The molecule has 0 saturated carbocycles. The second-order valence-electron chi connectivity index (χ2n) is 20.8. The summed E-state index contributed by atoms with van der Waals surface area (Å²) in [5, 5.41) is 120. The predicted molar refractivity (Wildman–Crippen MR) is 277 cm³/mol. The zero-order valence-corrected chi connectivity index (χ0v) is 44.8. The van der Waals surface area contributed by atoms with Gasteiger partial charge < -0.3 is 89.9 Å². The van der Waals surface area contributed by atoms with Crippen molar-refractivity contribution in [2.24, 2.45) is 0 Å². The van der Waals surface area contributed by atoms with Crippen LogP contribution < -0.4 is 5.32 Å². The summed E-state index contributed by atoms with van der Waals surface area (Å²) in [5.41, 5.74) is 0. The fraction of sp³-hybridized carbons (Fsp3) is 0.909. The number of amides is 1. The van der Waals surface area contributed by atoms with Gasteiger partial charge in [0.15, 0.2) is 18.9 Å². The molecule has 3 heterocycles. The van der Waals surface area contributed by atoms with Gasteiger partial charge in [-0.2, -0.15) is 0 Å². The van der Waals surface area contributed by atoms with E-state index in [4.69, 9.17) is 28.4 Å². The van der Waals surface area contributed by atoms with Crippen LogP contribution in [0.2, 0.25) is 0 Å². The molecule has 0 aromatic rings. The molecular weight excluding hydrogens is 963 g/mol. The summed E-state index contributed by atoms with van der Waals surface area (Å²) in [7, 11) is 0. The maximum atomic E-state index is 13.2. The highest BCUT2D eigenvalue weighted by Crippen LogP contribution is 2.33. The average molecular weight is 1060 g/mol. The van der Waals surface area contributed by atoms with Crippen molar-refractivity contribution < 1.29 is 89.4 Å². The lowest BCUT2D eigenvalue weighted by atomic mass is 9.96. The summed E-state index contributed by atoms with van der Waals surface area (Å²) in [5.74, 6) is -0.287. The summed E-state index contributed by atoms with van der Waals surface area (Å²) < 4.78 is 34.2. The third-order valence-corrected chi connectivity index (χ3v) is 14.5. The van der Waals surface area contributed by atoms with Gasteiger partial charge in [0.25, 0.3) is 0 Å². The first-order chi connectivity index (χ1) is 35.8. The van der Waals surface area contributed by atoms with Crippen molar-refractivity contribution in [3.8, 4) is 0 Å². The number of carbonyl (C=O) groups is 1. The van der Waals surface area contributed by atoms with E-state index in [0.29, 0.717) is 6.42 Å². The Morgan fingerprint density at radius 3 is 1.35 bits per heavy atom. The molecular formula is C55H101NO18. The van der Waals surface area contributed by atoms with Gasteiger partial charge in [0.1, 0.15) is 73.2 Å². The highest BCUT2D eigenvalue weighted by molar-refractivity contribution is 5.76. The maximum Gasteiger partial charge on any atom is 0.220 e. The molecule has 12 N–H and O–H groups in total. The average Bonchev–Trinajstić information content (AvgIpc) is 3.40. The van der Waals surface area contributed by atoms with Gasteiger partial charge in [-0.05, 0) is 38.5 Å². The van der Waals surface area contributed by atoms with Crippen molar-refractivity contribution in [2.75, 3.05) is 26.4 Å². The van der Waals surface area contributed by atoms with Crippen LogP contribution >= 0.6 is 0 Å². The lowest BCUT2D eigenvalue weighted by molar-refractivity contribution is -0.379. The van der Waals surface area contributed by atoms with E-state index in [1.54, 1.807) is 6.08 Å². The second kappa shape index (κ2) is 39.6. The number of carbonyl (C=O) groups excluding carboxylic acids is 1. The van der Waals surface area contributed by atoms with Crippen LogP contribution in [0.3, 0.4) is 0 Å². The Kier molecular flexibility index (Phi) is 35.6. The molecule has 434 valence electrons. The minimum absolute atomic E-state index is 0.234. The normalized spacial score (nSPS) is 31.6. The van der Waals surface area contributed by atoms with E-state index in [9.17, 15) is 61.0 Å². The number of hydrogen-bond donors (Lipinski definition) is 12. The van der Waals surface area contributed by atoms with Crippen LogP contribution in [0.1, 0.15) is 187 Å². The van der Waals surface area contributed by atoms with Crippen molar-refractivity contribution in [1.29, 1.82) is 0 Å². The molecule has 19 heteroatoms. The Hall–Kier alpha value is -1.73. The van der Waals surface area contributed by atoms with Gasteiger partial charge in [-0.15, -0.1) is 0 Å². The van der Waals surface area contributed by atoms with E-state index < -0.39 is 124 Å². The molecule has 74 heavy (non-hydrogen) atoms. The summed E-state index contributed by atoms with van der Waals surface area (Å²) in [6.07, 6.45) is 11.7. The van der Waals surface area contributed by atoms with E-state index in [1.165, 1.54) is 96.3 Å². The van der Waals surface area contributed by atoms with Crippen LogP contribution in [0.15, 0.2) is 24.3 Å². The lowest BCUT2D eigenvalue weighted by Crippen LogP contribution is -2.66. The smallest absolute Gasteiger partial charge is 0.220 e. The first kappa shape index (κ1) is 66.5. The summed E-state index contributed by atoms with van der Waals surface area (Å²) in [6.45, 7) is 1.66. The number of unbranched alkanes of at least 4 members (excludes halogenated alkanes) is 23. The predicted octanol–water partition coefficient (Wildman–Crippen LogP) is 3.98. The quantitative estimate of drug-likeness (QED) is 0.0304. The fourth-order valence-electron chi connectivity index (χ4n) is 9.70. The highest BCUT2D eigenvalue weighted by atomic mass is 16.8. The van der Waals surface area contributed by atoms with Gasteiger partial charge in [0, 0.05) is 6.42 Å². The van der Waals surface area contributed by atoms with E-state index in [0.717, 1.165) is 64.2 Å². The zero-order chi connectivity index (χ0) is 54.1. The van der Waals surface area contributed by atoms with Crippen LogP contribution in [0.5, 0.6) is 0 Å². The number of rotatable bonds is 41. The Labute approximate surface area is 441 Å². The van der Waals surface area contributed by atoms with E-state index in [2.05, 4.69) is 31.3 Å². The third kappa shape index (κ3) is 24.1. The Bertz CT molecular complexity index is 1460. The first-order valence-corrected chi connectivity index (χ1v) is 28.6. The fourth-order valence-corrected chi connectivity index (χ4v) is 9.70. The van der Waals surface area contributed by atoms with Crippen molar-refractivity contribution in [3.05, 3.63) is 24.3 Å². The molecule has 19 nitrogen and oxygen atoms in total. The van der Waals surface area contributed by atoms with Gasteiger partial charge in [-0.1, -0.05) is 167 Å². The molecule has 1 amide bonds. The molecule has 3 fully saturated rings. The van der Waals surface area contributed by atoms with Gasteiger partial charge in [-0.3, -0.25) is 4.79 Å². The minimum atomic E-state index is -1.98. The van der Waals surface area contributed by atoms with Crippen LogP contribution in [-0.4, -0.2) is 193 Å². The van der Waals surface area contributed by atoms with Crippen molar-refractivity contribution in [3.63, 3.8) is 0 Å². The van der Waals surface area contributed by atoms with E-state index >= 15 is 0 Å². The molecule has 17 unspecified atom stereocenters. The standard InChI is InChI=1S/C55H101NO18/c1-3-5-7-9-11-13-15-16-17-18-19-20-21-23-24-26-28-30-32-39(60)38(56-43(61)33-31-29-27-25-22-14-12-10-8-6-4-2)37-69-53-49(67)46(64)51(41(35-58)71-53)74-55-50(68)47(65)52(42(36-59)72-55)73-54-48(66)45(63)44(62)40(34-57)70-54/h10,12,30,32,38-42,44-55,57-60,62-68H,3-9,11,13-29,31,33-37H2,1-2H3,(H,56,61)/b12-10-,32-30+. The van der Waals surface area contributed by atoms with E-state index in [1.807, 2.05) is 6.08 Å². The van der Waals surface area contributed by atoms with Crippen LogP contribution in [0, 0.1) is 0 Å². The number of nitrogens with one attached hydrogen (secondary N) is 1. The first-order valence-electron chi connectivity index (χ1n) is 28.6. The van der Waals surface area contributed by atoms with Crippen molar-refractivity contribution in [2.45, 2.75) is 291 Å². The van der Waals surface area contributed by atoms with Gasteiger partial charge in [-0.25, -0.2) is 0 Å². The van der Waals surface area contributed by atoms with Gasteiger partial charge in [0.05, 0.1) is 38.6 Å². The number of hydrogen-bond acceptors (Lipinski definition) is 18. The summed E-state index contributed by atoms with van der Waals surface area (Å²) in [4.78, 5) is 13.2. The van der Waals surface area contributed by atoms with Crippen LogP contribution in [-0.2, 0) is 33.2 Å². The van der Waals surface area contributed by atoms with Gasteiger partial charge in [0.2, 0.25) is 5.91 Å². The molecule has 0 radical (unpaired) electrons. The van der Waals surface area contributed by atoms with Crippen molar-refractivity contribution in [1.82, 2.24) is 5.32 Å². The minimum Gasteiger partial charge on any atom is -0.394 e. The topological polar surface area (TPSA) is 307 Å². The van der Waals surface area contributed by atoms with Crippen LogP contribution in [0.25, 0.3) is 0 Å². The maximum absolute atomic E-state index is 13.2. The third-order valence-electron chi connectivity index (χ3n) is 14.5. The SMILES string of the molecule is CCCC/C=C\CCCCCCCC(=O)NC(COC1OC(CO)C(OC2OC(CO)C(OC3OC(CO)C(O)C(O)C3O)C(O)C2O)C(O)C1O)C(O)/C=C/CCCCCCCCCCCCCCCCCC. The van der Waals surface area contributed by atoms with Gasteiger partial charge >= 0.3 is 0 Å². The summed E-state index contributed by atoms with van der Waals surface area (Å²) >= 11 is 0. The Balaban J connectivity index is 1.52. The van der Waals surface area contributed by atoms with Crippen molar-refractivity contribution >= 4 is 5.91 Å². The molecule has 3 saturated heterocycles. The largest absolute Gasteiger partial charge is 0.394 e. The molecule has 3 rings (SSSR count). The Morgan fingerprint density at radius 1 is 0.473 bits per heavy atom. The molecule has 0 aliphatic carbocycles. The van der Waals surface area contributed by atoms with Crippen LogP contribution in [0.4, 0.5) is 0 Å². The molecule has 0 aromatic heterocycles. The molecule has 0 aromatic carbocycles. The number of ether oxygens (including phenoxy) is 6. The monoisotopic (exact) mass is 1060 g/mol. The number of allylic oxidation sites excluding steroid dienone is 3. The molecule has 0 spiro atoms. The number of aliphatic hydroxyl groups excluding tert-OH is 11.